The number of hydrogen-bond donors (Lipinski definition) is 1. The summed E-state index contributed by atoms with van der Waals surface area (Å²) in [6.07, 6.45) is 0. The quantitative estimate of drug-likeness (QED) is 0.840. The molecule has 18 heavy (non-hydrogen) atoms. The van der Waals surface area contributed by atoms with Crippen LogP contribution in [0, 0.1) is 0 Å². The minimum atomic E-state index is -0.387. The van der Waals surface area contributed by atoms with Crippen LogP contribution in [-0.2, 0) is 9.31 Å². The van der Waals surface area contributed by atoms with Crippen LogP contribution in [0.2, 0.25) is 0 Å². The molecule has 0 spiro atoms. The average molecular weight is 270 g/mol. The van der Waals surface area contributed by atoms with Crippen LogP contribution in [-0.4, -0.2) is 18.3 Å². The van der Waals surface area contributed by atoms with Crippen molar-refractivity contribution in [1.82, 2.24) is 0 Å². The third kappa shape index (κ3) is 2.72. The largest absolute Gasteiger partial charge is 0.480 e. The normalized spacial score (nSPS) is 22.4. The second-order valence-corrected chi connectivity index (χ2v) is 5.56. The molecule has 1 aromatic carbocycles. The molecule has 1 aliphatic heterocycles. The van der Waals surface area contributed by atoms with E-state index in [0.29, 0.717) is 0 Å². The third-order valence-corrected chi connectivity index (χ3v) is 3.75. The van der Waals surface area contributed by atoms with Crippen molar-refractivity contribution in [3.8, 4) is 0 Å². The first-order chi connectivity index (χ1) is 7.83. The Bertz CT molecular complexity index is 381. The van der Waals surface area contributed by atoms with Gasteiger partial charge >= 0.3 is 7.12 Å². The molecule has 1 fully saturated rings. The molecular formula is C13H21BClNO2. The predicted octanol–water partition coefficient (Wildman–Crippen LogP) is 2.74. The van der Waals surface area contributed by atoms with Gasteiger partial charge in [-0.3, -0.25) is 0 Å². The highest BCUT2D eigenvalue weighted by molar-refractivity contribution is 6.47. The van der Waals surface area contributed by atoms with E-state index in [-0.39, 0.29) is 36.7 Å². The topological polar surface area (TPSA) is 44.5 Å². The molecule has 0 amide bonds. The summed E-state index contributed by atoms with van der Waals surface area (Å²) in [5.74, 6) is -0.253. The molecule has 1 saturated heterocycles. The molecule has 0 unspecified atom stereocenters. The van der Waals surface area contributed by atoms with Gasteiger partial charge < -0.3 is 15.0 Å². The van der Waals surface area contributed by atoms with Crippen molar-refractivity contribution in [2.45, 2.75) is 44.8 Å². The summed E-state index contributed by atoms with van der Waals surface area (Å²) in [7, 11) is -0.387. The average Bonchev–Trinajstić information content (AvgIpc) is 2.48. The summed E-state index contributed by atoms with van der Waals surface area (Å²) >= 11 is 0. The lowest BCUT2D eigenvalue weighted by Crippen LogP contribution is -2.41. The Hall–Kier alpha value is -0.545. The van der Waals surface area contributed by atoms with Gasteiger partial charge in [0, 0.05) is 0 Å². The maximum atomic E-state index is 6.19. The molecule has 2 N–H and O–H groups in total. The molecule has 0 radical (unpaired) electrons. The molecule has 3 nitrogen and oxygen atoms in total. The SMILES string of the molecule is CC1(C)OB([C@@H](N)c2ccccc2)OC1(C)C.Cl. The number of hydrogen-bond acceptors (Lipinski definition) is 3. The lowest BCUT2D eigenvalue weighted by atomic mass is 9.75. The molecule has 1 atom stereocenters. The minimum absolute atomic E-state index is 0. The Labute approximate surface area is 116 Å². The molecule has 5 heteroatoms. The summed E-state index contributed by atoms with van der Waals surface area (Å²) in [6.45, 7) is 8.13. The van der Waals surface area contributed by atoms with Crippen LogP contribution in [0.3, 0.4) is 0 Å². The fourth-order valence-electron chi connectivity index (χ4n) is 1.87. The van der Waals surface area contributed by atoms with Gasteiger partial charge in [-0.15, -0.1) is 12.4 Å². The van der Waals surface area contributed by atoms with Gasteiger partial charge in [0.15, 0.2) is 0 Å². The van der Waals surface area contributed by atoms with Crippen LogP contribution in [0.4, 0.5) is 0 Å². The van der Waals surface area contributed by atoms with Crippen LogP contribution in [0.5, 0.6) is 0 Å². The molecule has 1 aromatic rings. The van der Waals surface area contributed by atoms with Gasteiger partial charge in [-0.1, -0.05) is 30.3 Å². The zero-order valence-corrected chi connectivity index (χ0v) is 12.2. The summed E-state index contributed by atoms with van der Waals surface area (Å²) in [5.41, 5.74) is 6.57. The van der Waals surface area contributed by atoms with Crippen molar-refractivity contribution in [2.24, 2.45) is 5.73 Å². The fraction of sp³-hybridized carbons (Fsp3) is 0.538. The van der Waals surface area contributed by atoms with E-state index in [0.717, 1.165) is 5.56 Å². The van der Waals surface area contributed by atoms with Crippen molar-refractivity contribution >= 4 is 19.5 Å². The van der Waals surface area contributed by atoms with Crippen LogP contribution >= 0.6 is 12.4 Å². The van der Waals surface area contributed by atoms with E-state index in [2.05, 4.69) is 0 Å². The van der Waals surface area contributed by atoms with Crippen molar-refractivity contribution in [3.05, 3.63) is 35.9 Å². The number of nitrogens with two attached hydrogens (primary N) is 1. The van der Waals surface area contributed by atoms with E-state index in [1.54, 1.807) is 0 Å². The van der Waals surface area contributed by atoms with Crippen molar-refractivity contribution in [2.75, 3.05) is 0 Å². The first-order valence-electron chi connectivity index (χ1n) is 6.00. The maximum Gasteiger partial charge on any atom is 0.480 e. The van der Waals surface area contributed by atoms with Gasteiger partial charge in [0.25, 0.3) is 0 Å². The first kappa shape index (κ1) is 15.5. The Balaban J connectivity index is 0.00000162. The van der Waals surface area contributed by atoms with Crippen molar-refractivity contribution in [1.29, 1.82) is 0 Å². The Morgan fingerprint density at radius 1 is 1.00 bits per heavy atom. The standard InChI is InChI=1S/C13H20BNO2.ClH/c1-12(2)13(3,4)17-14(16-12)11(15)10-8-6-5-7-9-10;/h5-9,11H,15H2,1-4H3;1H/t11-;/m0./s1. The first-order valence-corrected chi connectivity index (χ1v) is 6.00. The Morgan fingerprint density at radius 2 is 1.44 bits per heavy atom. The van der Waals surface area contributed by atoms with E-state index in [1.807, 2.05) is 58.0 Å². The van der Waals surface area contributed by atoms with Crippen molar-refractivity contribution in [3.63, 3.8) is 0 Å². The molecular weight excluding hydrogens is 248 g/mol. The second-order valence-electron chi connectivity index (χ2n) is 5.56. The highest BCUT2D eigenvalue weighted by Crippen LogP contribution is 2.39. The summed E-state index contributed by atoms with van der Waals surface area (Å²) < 4.78 is 11.9. The molecule has 0 aromatic heterocycles. The monoisotopic (exact) mass is 269 g/mol. The third-order valence-electron chi connectivity index (χ3n) is 3.75. The van der Waals surface area contributed by atoms with Crippen LogP contribution < -0.4 is 5.73 Å². The predicted molar refractivity (Wildman–Crippen MR) is 76.7 cm³/mol. The van der Waals surface area contributed by atoms with Crippen LogP contribution in [0.25, 0.3) is 0 Å². The lowest BCUT2D eigenvalue weighted by molar-refractivity contribution is 0.00578. The highest BCUT2D eigenvalue weighted by Gasteiger charge is 2.53. The van der Waals surface area contributed by atoms with Crippen molar-refractivity contribution < 1.29 is 9.31 Å². The minimum Gasteiger partial charge on any atom is -0.402 e. The van der Waals surface area contributed by atoms with Gasteiger partial charge in [0.2, 0.25) is 0 Å². The van der Waals surface area contributed by atoms with E-state index < -0.39 is 0 Å². The molecule has 0 bridgehead atoms. The summed E-state index contributed by atoms with van der Waals surface area (Å²) in [6, 6.07) is 9.91. The van der Waals surface area contributed by atoms with Crippen LogP contribution in [0.1, 0.15) is 39.2 Å². The lowest BCUT2D eigenvalue weighted by Gasteiger charge is -2.32. The number of halogens is 1. The van der Waals surface area contributed by atoms with E-state index in [1.165, 1.54) is 0 Å². The summed E-state index contributed by atoms with van der Waals surface area (Å²) in [5, 5.41) is 0. The van der Waals surface area contributed by atoms with Gasteiger partial charge in [-0.2, -0.15) is 0 Å². The second kappa shape index (κ2) is 5.21. The zero-order chi connectivity index (χ0) is 12.7. The smallest absolute Gasteiger partial charge is 0.402 e. The van der Waals surface area contributed by atoms with E-state index in [4.69, 9.17) is 15.0 Å². The number of benzene rings is 1. The summed E-state index contributed by atoms with van der Waals surface area (Å²) in [4.78, 5) is 0. The highest BCUT2D eigenvalue weighted by atomic mass is 35.5. The van der Waals surface area contributed by atoms with E-state index >= 15 is 0 Å². The van der Waals surface area contributed by atoms with Gasteiger partial charge in [-0.05, 0) is 33.3 Å². The van der Waals surface area contributed by atoms with E-state index in [9.17, 15) is 0 Å². The fourth-order valence-corrected chi connectivity index (χ4v) is 1.87. The van der Waals surface area contributed by atoms with Gasteiger partial charge in [0.05, 0.1) is 17.1 Å². The zero-order valence-electron chi connectivity index (χ0n) is 11.3. The maximum absolute atomic E-state index is 6.19. The number of rotatable bonds is 2. The Morgan fingerprint density at radius 3 is 1.89 bits per heavy atom. The molecule has 2 rings (SSSR count). The molecule has 0 aliphatic carbocycles. The van der Waals surface area contributed by atoms with Gasteiger partial charge in [0.1, 0.15) is 0 Å². The molecule has 1 heterocycles. The molecule has 100 valence electrons. The Kier molecular flexibility index (Phi) is 4.49. The molecule has 1 aliphatic rings. The van der Waals surface area contributed by atoms with Gasteiger partial charge in [-0.25, -0.2) is 0 Å². The van der Waals surface area contributed by atoms with Crippen LogP contribution in [0.15, 0.2) is 30.3 Å². The molecule has 0 saturated carbocycles.